The molecule has 116 valence electrons. The topological polar surface area (TPSA) is 55.1 Å². The quantitative estimate of drug-likeness (QED) is 0.814. The summed E-state index contributed by atoms with van der Waals surface area (Å²) in [7, 11) is 0. The Bertz CT molecular complexity index is 520. The molecule has 1 aromatic rings. The molecule has 0 saturated heterocycles. The van der Waals surface area contributed by atoms with Gasteiger partial charge in [0.05, 0.1) is 5.92 Å². The van der Waals surface area contributed by atoms with Crippen molar-refractivity contribution in [3.05, 3.63) is 23.8 Å². The Balaban J connectivity index is 1.95. The average Bonchev–Trinajstić information content (AvgIpc) is 2.42. The van der Waals surface area contributed by atoms with Crippen LogP contribution in [0.15, 0.2) is 18.2 Å². The van der Waals surface area contributed by atoms with Crippen molar-refractivity contribution in [2.24, 2.45) is 11.8 Å². The van der Waals surface area contributed by atoms with Crippen LogP contribution in [-0.4, -0.2) is 12.1 Å². The molecule has 3 nitrogen and oxygen atoms in total. The highest BCUT2D eigenvalue weighted by atomic mass is 19.4. The molecule has 1 saturated carbocycles. The summed E-state index contributed by atoms with van der Waals surface area (Å²) >= 11 is 0. The van der Waals surface area contributed by atoms with Crippen LogP contribution >= 0.6 is 0 Å². The lowest BCUT2D eigenvalue weighted by molar-refractivity contribution is -0.184. The second kappa shape index (κ2) is 5.95. The molecule has 0 spiro atoms. The van der Waals surface area contributed by atoms with Gasteiger partial charge < -0.3 is 11.1 Å². The number of alkyl halides is 3. The largest absolute Gasteiger partial charge is 0.399 e. The summed E-state index contributed by atoms with van der Waals surface area (Å²) in [6.45, 7) is 1.84. The van der Waals surface area contributed by atoms with E-state index in [0.717, 1.165) is 5.56 Å². The fraction of sp³-hybridized carbons (Fsp3) is 0.533. The van der Waals surface area contributed by atoms with Gasteiger partial charge in [-0.25, -0.2) is 0 Å². The molecule has 21 heavy (non-hydrogen) atoms. The summed E-state index contributed by atoms with van der Waals surface area (Å²) in [6, 6.07) is 5.19. The number of aryl methyl sites for hydroxylation is 1. The van der Waals surface area contributed by atoms with Crippen molar-refractivity contribution in [3.63, 3.8) is 0 Å². The first-order chi connectivity index (χ1) is 9.77. The van der Waals surface area contributed by atoms with Crippen LogP contribution in [0.4, 0.5) is 24.5 Å². The van der Waals surface area contributed by atoms with Crippen molar-refractivity contribution in [1.29, 1.82) is 0 Å². The van der Waals surface area contributed by atoms with Crippen LogP contribution in [0.2, 0.25) is 0 Å². The Hall–Kier alpha value is -1.72. The minimum absolute atomic E-state index is 0.0253. The Labute approximate surface area is 121 Å². The molecule has 1 aliphatic rings. The fourth-order valence-corrected chi connectivity index (χ4v) is 2.69. The highest BCUT2D eigenvalue weighted by Crippen LogP contribution is 2.39. The van der Waals surface area contributed by atoms with E-state index in [0.29, 0.717) is 11.4 Å². The molecule has 3 N–H and O–H groups in total. The molecule has 1 aromatic carbocycles. The summed E-state index contributed by atoms with van der Waals surface area (Å²) in [4.78, 5) is 12.2. The maximum absolute atomic E-state index is 12.6. The summed E-state index contributed by atoms with van der Waals surface area (Å²) in [6.07, 6.45) is -3.55. The van der Waals surface area contributed by atoms with Crippen LogP contribution in [0.5, 0.6) is 0 Å². The number of carbonyl (C=O) groups excluding carboxylic acids is 1. The van der Waals surface area contributed by atoms with E-state index in [1.54, 1.807) is 18.2 Å². The maximum Gasteiger partial charge on any atom is 0.391 e. The number of carbonyl (C=O) groups is 1. The Morgan fingerprint density at radius 1 is 1.24 bits per heavy atom. The van der Waals surface area contributed by atoms with E-state index in [-0.39, 0.29) is 37.5 Å². The SMILES string of the molecule is Cc1ccc(N)cc1NC(=O)C1CCC(C(F)(F)F)CC1. The number of halogens is 3. The third-order valence-corrected chi connectivity index (χ3v) is 4.08. The summed E-state index contributed by atoms with van der Waals surface area (Å²) in [5.74, 6) is -1.84. The standard InChI is InChI=1S/C15H19F3N2O/c1-9-2-7-12(19)8-13(9)20-14(21)10-3-5-11(6-4-10)15(16,17)18/h2,7-8,10-11H,3-6,19H2,1H3,(H,20,21). The van der Waals surface area contributed by atoms with E-state index in [9.17, 15) is 18.0 Å². The van der Waals surface area contributed by atoms with Gasteiger partial charge in [0.15, 0.2) is 0 Å². The van der Waals surface area contributed by atoms with E-state index >= 15 is 0 Å². The van der Waals surface area contributed by atoms with Crippen molar-refractivity contribution in [2.75, 3.05) is 11.1 Å². The van der Waals surface area contributed by atoms with Crippen LogP contribution in [-0.2, 0) is 4.79 Å². The number of hydrogen-bond donors (Lipinski definition) is 2. The first kappa shape index (κ1) is 15.7. The number of rotatable bonds is 2. The number of nitrogen functional groups attached to an aromatic ring is 1. The molecular formula is C15H19F3N2O. The second-order valence-corrected chi connectivity index (χ2v) is 5.65. The Morgan fingerprint density at radius 3 is 2.43 bits per heavy atom. The number of nitrogens with one attached hydrogen (secondary N) is 1. The van der Waals surface area contributed by atoms with Crippen molar-refractivity contribution in [3.8, 4) is 0 Å². The zero-order chi connectivity index (χ0) is 15.6. The first-order valence-corrected chi connectivity index (χ1v) is 7.01. The zero-order valence-electron chi connectivity index (χ0n) is 11.8. The van der Waals surface area contributed by atoms with E-state index < -0.39 is 12.1 Å². The summed E-state index contributed by atoms with van der Waals surface area (Å²) < 4.78 is 37.8. The number of anilines is 2. The normalized spacial score (nSPS) is 22.9. The molecule has 6 heteroatoms. The fourth-order valence-electron chi connectivity index (χ4n) is 2.69. The van der Waals surface area contributed by atoms with Gasteiger partial charge in [0.1, 0.15) is 0 Å². The first-order valence-electron chi connectivity index (χ1n) is 7.01. The molecule has 0 bridgehead atoms. The third-order valence-electron chi connectivity index (χ3n) is 4.08. The Morgan fingerprint density at radius 2 is 1.86 bits per heavy atom. The van der Waals surface area contributed by atoms with Crippen LogP contribution in [0, 0.1) is 18.8 Å². The number of benzene rings is 1. The molecule has 0 aliphatic heterocycles. The van der Waals surface area contributed by atoms with Crippen molar-refractivity contribution < 1.29 is 18.0 Å². The molecule has 1 fully saturated rings. The maximum atomic E-state index is 12.6. The lowest BCUT2D eigenvalue weighted by Crippen LogP contribution is -2.32. The van der Waals surface area contributed by atoms with E-state index in [1.807, 2.05) is 6.92 Å². The number of hydrogen-bond acceptors (Lipinski definition) is 2. The molecule has 0 aromatic heterocycles. The number of amides is 1. The molecule has 1 amide bonds. The van der Waals surface area contributed by atoms with E-state index in [4.69, 9.17) is 5.73 Å². The predicted octanol–water partition coefficient (Wildman–Crippen LogP) is 3.88. The molecule has 2 rings (SSSR count). The molecule has 0 unspecified atom stereocenters. The van der Waals surface area contributed by atoms with Gasteiger partial charge in [0.2, 0.25) is 5.91 Å². The average molecular weight is 300 g/mol. The van der Waals surface area contributed by atoms with Gasteiger partial charge in [0.25, 0.3) is 0 Å². The van der Waals surface area contributed by atoms with Crippen LogP contribution in [0.1, 0.15) is 31.2 Å². The molecule has 0 radical (unpaired) electrons. The predicted molar refractivity (Wildman–Crippen MR) is 75.7 cm³/mol. The second-order valence-electron chi connectivity index (χ2n) is 5.65. The van der Waals surface area contributed by atoms with Crippen LogP contribution in [0.25, 0.3) is 0 Å². The van der Waals surface area contributed by atoms with Gasteiger partial charge in [-0.2, -0.15) is 13.2 Å². The minimum Gasteiger partial charge on any atom is -0.399 e. The van der Waals surface area contributed by atoms with E-state index in [2.05, 4.69) is 5.32 Å². The highest BCUT2D eigenvalue weighted by molar-refractivity contribution is 5.93. The van der Waals surface area contributed by atoms with Gasteiger partial charge in [-0.15, -0.1) is 0 Å². The van der Waals surface area contributed by atoms with Crippen LogP contribution in [0.3, 0.4) is 0 Å². The van der Waals surface area contributed by atoms with Crippen LogP contribution < -0.4 is 11.1 Å². The van der Waals surface area contributed by atoms with Crippen molar-refractivity contribution in [1.82, 2.24) is 0 Å². The Kier molecular flexibility index (Phi) is 4.44. The van der Waals surface area contributed by atoms with Gasteiger partial charge in [-0.05, 0) is 50.3 Å². The smallest absolute Gasteiger partial charge is 0.391 e. The number of nitrogens with two attached hydrogens (primary N) is 1. The monoisotopic (exact) mass is 300 g/mol. The molecule has 1 aliphatic carbocycles. The van der Waals surface area contributed by atoms with Gasteiger partial charge in [-0.1, -0.05) is 6.07 Å². The summed E-state index contributed by atoms with van der Waals surface area (Å²) in [5.41, 5.74) is 7.71. The van der Waals surface area contributed by atoms with Crippen molar-refractivity contribution >= 4 is 17.3 Å². The van der Waals surface area contributed by atoms with Gasteiger partial charge >= 0.3 is 6.18 Å². The van der Waals surface area contributed by atoms with Gasteiger partial charge in [0, 0.05) is 17.3 Å². The van der Waals surface area contributed by atoms with Gasteiger partial charge in [-0.3, -0.25) is 4.79 Å². The summed E-state index contributed by atoms with van der Waals surface area (Å²) in [5, 5.41) is 2.77. The van der Waals surface area contributed by atoms with Crippen molar-refractivity contribution in [2.45, 2.75) is 38.8 Å². The third kappa shape index (κ3) is 3.89. The zero-order valence-corrected chi connectivity index (χ0v) is 11.8. The molecular weight excluding hydrogens is 281 g/mol. The van der Waals surface area contributed by atoms with E-state index in [1.165, 1.54) is 0 Å². The highest BCUT2D eigenvalue weighted by Gasteiger charge is 2.42. The minimum atomic E-state index is -4.15. The lowest BCUT2D eigenvalue weighted by atomic mass is 9.81. The molecule has 0 heterocycles. The lowest BCUT2D eigenvalue weighted by Gasteiger charge is -2.29. The molecule has 0 atom stereocenters.